The number of benzene rings is 2. The first-order chi connectivity index (χ1) is 19.1. The quantitative estimate of drug-likeness (QED) is 0.266. The Kier molecular flexibility index (Phi) is 8.66. The summed E-state index contributed by atoms with van der Waals surface area (Å²) in [5, 5.41) is 44.8. The van der Waals surface area contributed by atoms with Gasteiger partial charge in [0.25, 0.3) is 5.91 Å². The molecule has 40 heavy (non-hydrogen) atoms. The van der Waals surface area contributed by atoms with Gasteiger partial charge in [0.15, 0.2) is 23.0 Å². The van der Waals surface area contributed by atoms with Crippen LogP contribution in [-0.4, -0.2) is 78.1 Å². The molecule has 5 N–H and O–H groups in total. The molecular formula is C28H33NO11. The van der Waals surface area contributed by atoms with Gasteiger partial charge in [-0.3, -0.25) is 9.59 Å². The minimum absolute atomic E-state index is 0.0153. The zero-order valence-corrected chi connectivity index (χ0v) is 22.7. The van der Waals surface area contributed by atoms with Crippen molar-refractivity contribution >= 4 is 16.9 Å². The van der Waals surface area contributed by atoms with E-state index in [-0.39, 0.29) is 39.6 Å². The van der Waals surface area contributed by atoms with Crippen molar-refractivity contribution in [2.75, 3.05) is 21.3 Å². The van der Waals surface area contributed by atoms with E-state index in [0.717, 1.165) is 0 Å². The third kappa shape index (κ3) is 5.23. The second kappa shape index (κ2) is 11.8. The van der Waals surface area contributed by atoms with Crippen LogP contribution in [0.2, 0.25) is 0 Å². The summed E-state index contributed by atoms with van der Waals surface area (Å²) >= 11 is 0. The number of hydrogen-bond donors (Lipinski definition) is 5. The molecule has 3 aromatic rings. The van der Waals surface area contributed by atoms with E-state index in [1.165, 1.54) is 33.5 Å². The van der Waals surface area contributed by atoms with Crippen molar-refractivity contribution < 1.29 is 48.6 Å². The van der Waals surface area contributed by atoms with E-state index in [2.05, 4.69) is 5.32 Å². The van der Waals surface area contributed by atoms with Gasteiger partial charge in [-0.25, -0.2) is 0 Å². The van der Waals surface area contributed by atoms with Crippen molar-refractivity contribution in [3.05, 3.63) is 51.7 Å². The molecule has 1 aliphatic heterocycles. The lowest BCUT2D eigenvalue weighted by molar-refractivity contribution is -0.223. The summed E-state index contributed by atoms with van der Waals surface area (Å²) in [6, 6.07) is 7.35. The van der Waals surface area contributed by atoms with Crippen molar-refractivity contribution in [2.45, 2.75) is 57.0 Å². The van der Waals surface area contributed by atoms with Crippen LogP contribution in [0.4, 0.5) is 0 Å². The van der Waals surface area contributed by atoms with Crippen LogP contribution in [0, 0.1) is 0 Å². The molecular weight excluding hydrogens is 526 g/mol. The summed E-state index contributed by atoms with van der Waals surface area (Å²) in [7, 11) is 4.26. The average Bonchev–Trinajstić information content (AvgIpc) is 2.94. The normalized spacial score (nSPS) is 22.8. The molecule has 5 unspecified atom stereocenters. The SMILES string of the molecule is COc1ccc(-c2cc(=O)c3c(OC)c(C4OC(C(=O)NC(C)C)C(O)C(O)C4O)c(CO)cc3o2)cc1OC. The first kappa shape index (κ1) is 29.3. The second-order valence-corrected chi connectivity index (χ2v) is 9.67. The Morgan fingerprint density at radius 2 is 1.68 bits per heavy atom. The van der Waals surface area contributed by atoms with Crippen LogP contribution in [-0.2, 0) is 16.1 Å². The molecule has 0 saturated carbocycles. The Bertz CT molecular complexity index is 1450. The molecule has 0 bridgehead atoms. The van der Waals surface area contributed by atoms with Gasteiger partial charge in [0.05, 0.1) is 27.9 Å². The maximum absolute atomic E-state index is 13.4. The number of aliphatic hydroxyl groups is 4. The predicted molar refractivity (Wildman–Crippen MR) is 142 cm³/mol. The van der Waals surface area contributed by atoms with E-state index >= 15 is 0 Å². The molecule has 1 aliphatic rings. The van der Waals surface area contributed by atoms with E-state index in [4.69, 9.17) is 23.4 Å². The molecule has 1 amide bonds. The van der Waals surface area contributed by atoms with E-state index in [1.807, 2.05) is 0 Å². The number of fused-ring (bicyclic) bond motifs is 1. The molecule has 0 aliphatic carbocycles. The Morgan fingerprint density at radius 1 is 0.975 bits per heavy atom. The van der Waals surface area contributed by atoms with Gasteiger partial charge in [-0.05, 0) is 43.7 Å². The number of carbonyl (C=O) groups is 1. The van der Waals surface area contributed by atoms with Crippen molar-refractivity contribution in [3.63, 3.8) is 0 Å². The molecule has 1 aromatic heterocycles. The first-order valence-electron chi connectivity index (χ1n) is 12.6. The number of ether oxygens (including phenoxy) is 4. The third-order valence-electron chi connectivity index (χ3n) is 6.73. The van der Waals surface area contributed by atoms with Crippen LogP contribution in [0.3, 0.4) is 0 Å². The Labute approximate surface area is 229 Å². The molecule has 12 nitrogen and oxygen atoms in total. The molecule has 0 radical (unpaired) electrons. The highest BCUT2D eigenvalue weighted by atomic mass is 16.5. The summed E-state index contributed by atoms with van der Waals surface area (Å²) in [5.74, 6) is 0.330. The van der Waals surface area contributed by atoms with Crippen LogP contribution in [0.25, 0.3) is 22.3 Å². The van der Waals surface area contributed by atoms with Crippen LogP contribution < -0.4 is 25.0 Å². The highest BCUT2D eigenvalue weighted by Gasteiger charge is 2.48. The zero-order valence-electron chi connectivity index (χ0n) is 22.7. The van der Waals surface area contributed by atoms with Gasteiger partial charge in [0.1, 0.15) is 46.9 Å². The van der Waals surface area contributed by atoms with E-state index in [1.54, 1.807) is 32.0 Å². The monoisotopic (exact) mass is 559 g/mol. The van der Waals surface area contributed by atoms with Gasteiger partial charge in [-0.2, -0.15) is 0 Å². The topological polar surface area (TPSA) is 177 Å². The van der Waals surface area contributed by atoms with Gasteiger partial charge in [0.2, 0.25) is 0 Å². The van der Waals surface area contributed by atoms with Gasteiger partial charge in [0, 0.05) is 23.2 Å². The molecule has 1 saturated heterocycles. The van der Waals surface area contributed by atoms with Gasteiger partial charge in [-0.15, -0.1) is 0 Å². The molecule has 2 aromatic carbocycles. The number of methoxy groups -OCH3 is 3. The largest absolute Gasteiger partial charge is 0.495 e. The fraction of sp³-hybridized carbons (Fsp3) is 0.429. The molecule has 4 rings (SSSR count). The summed E-state index contributed by atoms with van der Waals surface area (Å²) < 4.78 is 28.1. The lowest BCUT2D eigenvalue weighted by atomic mass is 9.87. The maximum Gasteiger partial charge on any atom is 0.252 e. The smallest absolute Gasteiger partial charge is 0.252 e. The van der Waals surface area contributed by atoms with Crippen molar-refractivity contribution in [1.82, 2.24) is 5.32 Å². The number of carbonyl (C=O) groups excluding carboxylic acids is 1. The van der Waals surface area contributed by atoms with Crippen molar-refractivity contribution in [1.29, 1.82) is 0 Å². The van der Waals surface area contributed by atoms with Crippen LogP contribution in [0.15, 0.2) is 39.5 Å². The molecule has 12 heteroatoms. The van der Waals surface area contributed by atoms with E-state index in [9.17, 15) is 30.0 Å². The predicted octanol–water partition coefficient (Wildman–Crippen LogP) is 1.03. The summed E-state index contributed by atoms with van der Waals surface area (Å²) in [6.45, 7) is 2.82. The Hall–Kier alpha value is -3.68. The summed E-state index contributed by atoms with van der Waals surface area (Å²) in [5.41, 5.74) is 0.264. The first-order valence-corrected chi connectivity index (χ1v) is 12.6. The Balaban J connectivity index is 1.88. The van der Waals surface area contributed by atoms with E-state index < -0.39 is 48.5 Å². The lowest BCUT2D eigenvalue weighted by Gasteiger charge is -2.41. The fourth-order valence-corrected chi connectivity index (χ4v) is 4.84. The zero-order chi connectivity index (χ0) is 29.3. The number of rotatable bonds is 8. The van der Waals surface area contributed by atoms with Crippen LogP contribution in [0.1, 0.15) is 31.1 Å². The maximum atomic E-state index is 13.4. The van der Waals surface area contributed by atoms with Crippen molar-refractivity contribution in [2.24, 2.45) is 0 Å². The third-order valence-corrected chi connectivity index (χ3v) is 6.73. The second-order valence-electron chi connectivity index (χ2n) is 9.67. The van der Waals surface area contributed by atoms with Crippen LogP contribution in [0.5, 0.6) is 17.2 Å². The molecule has 5 atom stereocenters. The minimum atomic E-state index is -1.78. The van der Waals surface area contributed by atoms with Crippen LogP contribution >= 0.6 is 0 Å². The number of hydrogen-bond acceptors (Lipinski definition) is 11. The number of amides is 1. The lowest BCUT2D eigenvalue weighted by Crippen LogP contribution is -2.59. The molecule has 216 valence electrons. The highest BCUT2D eigenvalue weighted by Crippen LogP contribution is 2.43. The highest BCUT2D eigenvalue weighted by molar-refractivity contribution is 5.88. The van der Waals surface area contributed by atoms with E-state index in [0.29, 0.717) is 17.1 Å². The minimum Gasteiger partial charge on any atom is -0.495 e. The van der Waals surface area contributed by atoms with Gasteiger partial charge >= 0.3 is 0 Å². The standard InChI is InChI=1S/C28H33NO11/c1-12(2)29-28(35)27-24(34)22(32)23(33)26(40-27)20-14(11-30)9-19-21(25(20)38-5)15(31)10-17(39-19)13-6-7-16(36-3)18(8-13)37-4/h6-10,12,22-24,26-27,30,32-34H,11H2,1-5H3,(H,29,35). The van der Waals surface area contributed by atoms with Crippen molar-refractivity contribution in [3.8, 4) is 28.6 Å². The Morgan fingerprint density at radius 3 is 2.27 bits per heavy atom. The van der Waals surface area contributed by atoms with Gasteiger partial charge in [-0.1, -0.05) is 0 Å². The molecule has 0 spiro atoms. The number of aliphatic hydroxyl groups excluding tert-OH is 4. The number of nitrogens with one attached hydrogen (secondary N) is 1. The van der Waals surface area contributed by atoms with Gasteiger partial charge < -0.3 is 49.1 Å². The molecule has 1 fully saturated rings. The fourth-order valence-electron chi connectivity index (χ4n) is 4.84. The summed E-state index contributed by atoms with van der Waals surface area (Å²) in [4.78, 5) is 26.2. The average molecular weight is 560 g/mol. The summed E-state index contributed by atoms with van der Waals surface area (Å²) in [6.07, 6.45) is -8.25. The molecule has 2 heterocycles.